The monoisotopic (exact) mass is 395 g/mol. The zero-order valence-corrected chi connectivity index (χ0v) is 15.1. The fourth-order valence-electron chi connectivity index (χ4n) is 2.51. The highest BCUT2D eigenvalue weighted by Gasteiger charge is 2.24. The largest absolute Gasteiger partial charge is 0.493 e. The molecule has 0 saturated carbocycles. The second-order valence-electron chi connectivity index (χ2n) is 5.64. The predicted octanol–water partition coefficient (Wildman–Crippen LogP) is 2.73. The summed E-state index contributed by atoms with van der Waals surface area (Å²) >= 11 is 0. The second kappa shape index (κ2) is 9.54. The van der Waals surface area contributed by atoms with E-state index >= 15 is 0 Å². The molecule has 0 fully saturated rings. The van der Waals surface area contributed by atoms with Crippen molar-refractivity contribution >= 4 is 11.9 Å². The van der Waals surface area contributed by atoms with Gasteiger partial charge in [0.1, 0.15) is 6.04 Å². The van der Waals surface area contributed by atoms with Crippen LogP contribution >= 0.6 is 0 Å². The lowest BCUT2D eigenvalue weighted by molar-refractivity contribution is -0.139. The normalized spacial score (nSPS) is 11.6. The van der Waals surface area contributed by atoms with E-state index in [0.717, 1.165) is 17.7 Å². The molecule has 9 heteroatoms. The number of aliphatic carboxylic acids is 1. The Morgan fingerprint density at radius 2 is 1.64 bits per heavy atom. The number of amides is 1. The Balaban J connectivity index is 2.27. The molecule has 0 unspecified atom stereocenters. The molecule has 0 saturated heterocycles. The van der Waals surface area contributed by atoms with Gasteiger partial charge in [-0.15, -0.1) is 0 Å². The second-order valence-corrected chi connectivity index (χ2v) is 5.64. The van der Waals surface area contributed by atoms with Gasteiger partial charge >= 0.3 is 12.6 Å². The summed E-state index contributed by atoms with van der Waals surface area (Å²) in [7, 11) is 2.43. The quantitative estimate of drug-likeness (QED) is 0.678. The van der Waals surface area contributed by atoms with E-state index in [1.807, 2.05) is 0 Å². The Bertz CT molecular complexity index is 803. The van der Waals surface area contributed by atoms with Crippen molar-refractivity contribution in [2.45, 2.75) is 19.1 Å². The first kappa shape index (κ1) is 20.9. The van der Waals surface area contributed by atoms with Crippen LogP contribution in [0.1, 0.15) is 15.9 Å². The molecule has 0 spiro atoms. The van der Waals surface area contributed by atoms with Crippen LogP contribution in [0.2, 0.25) is 0 Å². The molecule has 2 N–H and O–H groups in total. The van der Waals surface area contributed by atoms with Gasteiger partial charge in [0.15, 0.2) is 11.5 Å². The van der Waals surface area contributed by atoms with E-state index in [2.05, 4.69) is 10.1 Å². The molecule has 2 aromatic carbocycles. The van der Waals surface area contributed by atoms with Crippen molar-refractivity contribution in [1.82, 2.24) is 5.32 Å². The SMILES string of the molecule is COc1cc(C(=O)N[C@H](Cc2ccccc2)C(=O)O)cc(OC)c1OC(F)F. The van der Waals surface area contributed by atoms with Gasteiger partial charge in [0.25, 0.3) is 5.91 Å². The van der Waals surface area contributed by atoms with Gasteiger partial charge in [-0.25, -0.2) is 4.79 Å². The Morgan fingerprint density at radius 1 is 1.07 bits per heavy atom. The first-order chi connectivity index (χ1) is 13.3. The van der Waals surface area contributed by atoms with Gasteiger partial charge in [0, 0.05) is 12.0 Å². The van der Waals surface area contributed by atoms with Crippen LogP contribution < -0.4 is 19.5 Å². The molecule has 2 rings (SSSR count). The third kappa shape index (κ3) is 5.32. The van der Waals surface area contributed by atoms with Crippen LogP contribution in [-0.4, -0.2) is 43.9 Å². The fourth-order valence-corrected chi connectivity index (χ4v) is 2.51. The molecule has 0 heterocycles. The highest BCUT2D eigenvalue weighted by molar-refractivity contribution is 5.97. The van der Waals surface area contributed by atoms with Crippen LogP contribution in [0.3, 0.4) is 0 Å². The van der Waals surface area contributed by atoms with Crippen LogP contribution in [0.4, 0.5) is 8.78 Å². The number of carbonyl (C=O) groups excluding carboxylic acids is 1. The number of carboxylic acid groups (broad SMARTS) is 1. The number of methoxy groups -OCH3 is 2. The van der Waals surface area contributed by atoms with Gasteiger partial charge < -0.3 is 24.6 Å². The van der Waals surface area contributed by atoms with E-state index in [4.69, 9.17) is 9.47 Å². The van der Waals surface area contributed by atoms with Crippen molar-refractivity contribution < 1.29 is 37.7 Å². The summed E-state index contributed by atoms with van der Waals surface area (Å²) in [5.41, 5.74) is 0.695. The van der Waals surface area contributed by atoms with Gasteiger partial charge in [-0.05, 0) is 17.7 Å². The number of ether oxygens (including phenoxy) is 3. The first-order valence-corrected chi connectivity index (χ1v) is 8.14. The number of carboxylic acids is 1. The Morgan fingerprint density at radius 3 is 2.11 bits per heavy atom. The number of halogens is 2. The van der Waals surface area contributed by atoms with Crippen LogP contribution in [0, 0.1) is 0 Å². The summed E-state index contributed by atoms with van der Waals surface area (Å²) in [5.74, 6) is -2.62. The van der Waals surface area contributed by atoms with E-state index in [-0.39, 0.29) is 29.2 Å². The van der Waals surface area contributed by atoms with E-state index in [1.165, 1.54) is 14.2 Å². The summed E-state index contributed by atoms with van der Waals surface area (Å²) < 4.78 is 39.6. The van der Waals surface area contributed by atoms with Crippen molar-refractivity contribution in [2.75, 3.05) is 14.2 Å². The van der Waals surface area contributed by atoms with E-state index in [0.29, 0.717) is 0 Å². The molecule has 2 aromatic rings. The smallest absolute Gasteiger partial charge is 0.387 e. The maximum Gasteiger partial charge on any atom is 0.387 e. The van der Waals surface area contributed by atoms with Crippen molar-refractivity contribution in [3.63, 3.8) is 0 Å². The number of hydrogen-bond donors (Lipinski definition) is 2. The Kier molecular flexibility index (Phi) is 7.14. The highest BCUT2D eigenvalue weighted by atomic mass is 19.3. The number of benzene rings is 2. The minimum Gasteiger partial charge on any atom is -0.493 e. The number of alkyl halides is 2. The summed E-state index contributed by atoms with van der Waals surface area (Å²) in [6, 6.07) is 9.92. The van der Waals surface area contributed by atoms with Gasteiger partial charge in [-0.3, -0.25) is 4.79 Å². The average molecular weight is 395 g/mol. The maximum atomic E-state index is 12.6. The minimum atomic E-state index is -3.12. The molecule has 0 aliphatic carbocycles. The molecule has 0 radical (unpaired) electrons. The third-order valence-corrected chi connectivity index (χ3v) is 3.82. The molecule has 0 aliphatic rings. The summed E-state index contributed by atoms with van der Waals surface area (Å²) in [6.45, 7) is -3.12. The molecule has 0 aliphatic heterocycles. The lowest BCUT2D eigenvalue weighted by Gasteiger charge is -2.17. The minimum absolute atomic E-state index is 0.0328. The van der Waals surface area contributed by atoms with Gasteiger partial charge in [-0.2, -0.15) is 8.78 Å². The van der Waals surface area contributed by atoms with Crippen molar-refractivity contribution in [1.29, 1.82) is 0 Å². The van der Waals surface area contributed by atoms with Crippen molar-refractivity contribution in [3.05, 3.63) is 53.6 Å². The Hall–Kier alpha value is -3.36. The summed E-state index contributed by atoms with van der Waals surface area (Å²) in [6.07, 6.45) is 0.0722. The molecule has 28 heavy (non-hydrogen) atoms. The zero-order chi connectivity index (χ0) is 20.7. The number of rotatable bonds is 9. The van der Waals surface area contributed by atoms with Crippen LogP contribution in [-0.2, 0) is 11.2 Å². The molecular formula is C19H19F2NO6. The maximum absolute atomic E-state index is 12.6. The van der Waals surface area contributed by atoms with E-state index in [9.17, 15) is 23.5 Å². The van der Waals surface area contributed by atoms with Crippen molar-refractivity contribution in [2.24, 2.45) is 0 Å². The lowest BCUT2D eigenvalue weighted by Crippen LogP contribution is -2.42. The van der Waals surface area contributed by atoms with E-state index < -0.39 is 24.5 Å². The fraction of sp³-hybridized carbons (Fsp3) is 0.263. The molecule has 1 amide bonds. The Labute approximate surface area is 159 Å². The van der Waals surface area contributed by atoms with Crippen LogP contribution in [0.15, 0.2) is 42.5 Å². The molecule has 0 aromatic heterocycles. The topological polar surface area (TPSA) is 94.1 Å². The zero-order valence-electron chi connectivity index (χ0n) is 15.1. The standard InChI is InChI=1S/C19H19F2NO6/c1-26-14-9-12(10-15(27-2)16(14)28-19(20)21)17(23)22-13(18(24)25)8-11-6-4-3-5-7-11/h3-7,9-10,13,19H,8H2,1-2H3,(H,22,23)(H,24,25)/t13-/m1/s1. The molecule has 7 nitrogen and oxygen atoms in total. The molecule has 0 bridgehead atoms. The molecule has 150 valence electrons. The predicted molar refractivity (Wildman–Crippen MR) is 95.2 cm³/mol. The lowest BCUT2D eigenvalue weighted by atomic mass is 10.1. The van der Waals surface area contributed by atoms with Gasteiger partial charge in [0.05, 0.1) is 14.2 Å². The molecular weight excluding hydrogens is 376 g/mol. The average Bonchev–Trinajstić information content (AvgIpc) is 2.67. The number of hydrogen-bond acceptors (Lipinski definition) is 5. The highest BCUT2D eigenvalue weighted by Crippen LogP contribution is 2.39. The summed E-state index contributed by atoms with van der Waals surface area (Å²) in [5, 5.41) is 11.8. The van der Waals surface area contributed by atoms with Crippen LogP contribution in [0.5, 0.6) is 17.2 Å². The van der Waals surface area contributed by atoms with Crippen LogP contribution in [0.25, 0.3) is 0 Å². The summed E-state index contributed by atoms with van der Waals surface area (Å²) in [4.78, 5) is 24.1. The third-order valence-electron chi connectivity index (χ3n) is 3.82. The van der Waals surface area contributed by atoms with E-state index in [1.54, 1.807) is 30.3 Å². The number of carbonyl (C=O) groups is 2. The van der Waals surface area contributed by atoms with Crippen molar-refractivity contribution in [3.8, 4) is 17.2 Å². The molecule has 1 atom stereocenters. The van der Waals surface area contributed by atoms with Gasteiger partial charge in [-0.1, -0.05) is 30.3 Å². The first-order valence-electron chi connectivity index (χ1n) is 8.14. The number of nitrogens with one attached hydrogen (secondary N) is 1. The van der Waals surface area contributed by atoms with Gasteiger partial charge in [0.2, 0.25) is 5.75 Å².